The SMILES string of the molecule is C1=CC2CC1C1C3CC(COc4ccccc4-c4ccccc4)C(C3)C21. The topological polar surface area (TPSA) is 9.23 Å². The van der Waals surface area contributed by atoms with Crippen LogP contribution in [0.1, 0.15) is 19.3 Å². The molecule has 4 bridgehead atoms. The molecule has 0 aromatic heterocycles. The maximum Gasteiger partial charge on any atom is 0.127 e. The van der Waals surface area contributed by atoms with E-state index in [0.717, 1.165) is 53.8 Å². The summed E-state index contributed by atoms with van der Waals surface area (Å²) in [6.45, 7) is 0.898. The van der Waals surface area contributed by atoms with Crippen LogP contribution in [0.25, 0.3) is 11.1 Å². The average Bonchev–Trinajstić information content (AvgIpc) is 3.46. The molecular weight excluding hydrogens is 316 g/mol. The van der Waals surface area contributed by atoms with Crippen molar-refractivity contribution >= 4 is 0 Å². The lowest BCUT2D eigenvalue weighted by molar-refractivity contribution is 0.109. The molecule has 132 valence electrons. The number of hydrogen-bond donors (Lipinski definition) is 0. The summed E-state index contributed by atoms with van der Waals surface area (Å²) in [5.41, 5.74) is 2.46. The molecular formula is C25H26O. The van der Waals surface area contributed by atoms with E-state index in [0.29, 0.717) is 0 Å². The van der Waals surface area contributed by atoms with Crippen molar-refractivity contribution in [2.24, 2.45) is 41.4 Å². The van der Waals surface area contributed by atoms with E-state index in [2.05, 4.69) is 66.7 Å². The predicted octanol–water partition coefficient (Wildman–Crippen LogP) is 5.83. The summed E-state index contributed by atoms with van der Waals surface area (Å²) in [4.78, 5) is 0. The molecule has 7 atom stereocenters. The summed E-state index contributed by atoms with van der Waals surface area (Å²) >= 11 is 0. The van der Waals surface area contributed by atoms with Crippen LogP contribution in [0.15, 0.2) is 66.7 Å². The molecule has 3 saturated carbocycles. The zero-order chi connectivity index (χ0) is 17.1. The van der Waals surface area contributed by atoms with E-state index in [1.54, 1.807) is 0 Å². The maximum absolute atomic E-state index is 6.44. The maximum atomic E-state index is 6.44. The second-order valence-electron chi connectivity index (χ2n) is 8.93. The number of hydrogen-bond acceptors (Lipinski definition) is 1. The van der Waals surface area contributed by atoms with Crippen LogP contribution < -0.4 is 4.74 Å². The van der Waals surface area contributed by atoms with E-state index in [9.17, 15) is 0 Å². The number of benzene rings is 2. The van der Waals surface area contributed by atoms with Crippen molar-refractivity contribution in [1.82, 2.24) is 0 Å². The zero-order valence-corrected chi connectivity index (χ0v) is 15.1. The molecule has 0 radical (unpaired) electrons. The van der Waals surface area contributed by atoms with E-state index in [1.807, 2.05) is 0 Å². The van der Waals surface area contributed by atoms with E-state index in [4.69, 9.17) is 4.74 Å². The summed E-state index contributed by atoms with van der Waals surface area (Å²) in [5, 5.41) is 0. The van der Waals surface area contributed by atoms with Gasteiger partial charge in [0.15, 0.2) is 0 Å². The van der Waals surface area contributed by atoms with Gasteiger partial charge in [-0.15, -0.1) is 0 Å². The Balaban J connectivity index is 1.20. The van der Waals surface area contributed by atoms with Crippen LogP contribution in [-0.4, -0.2) is 6.61 Å². The average molecular weight is 342 g/mol. The van der Waals surface area contributed by atoms with Gasteiger partial charge >= 0.3 is 0 Å². The van der Waals surface area contributed by atoms with Gasteiger partial charge in [-0.2, -0.15) is 0 Å². The number of rotatable bonds is 4. The van der Waals surface area contributed by atoms with Crippen molar-refractivity contribution in [2.75, 3.05) is 6.61 Å². The second kappa shape index (κ2) is 5.74. The predicted molar refractivity (Wildman–Crippen MR) is 105 cm³/mol. The number of allylic oxidation sites excluding steroid dienone is 2. The molecule has 0 heterocycles. The fourth-order valence-electron chi connectivity index (χ4n) is 6.99. The number of ether oxygens (including phenoxy) is 1. The molecule has 1 heteroatoms. The van der Waals surface area contributed by atoms with Crippen molar-refractivity contribution in [1.29, 1.82) is 0 Å². The van der Waals surface area contributed by atoms with E-state index in [-0.39, 0.29) is 0 Å². The highest BCUT2D eigenvalue weighted by Gasteiger charge is 2.60. The Morgan fingerprint density at radius 2 is 1.54 bits per heavy atom. The highest BCUT2D eigenvalue weighted by atomic mass is 16.5. The van der Waals surface area contributed by atoms with E-state index in [1.165, 1.54) is 30.4 Å². The molecule has 1 nitrogen and oxygen atoms in total. The summed E-state index contributed by atoms with van der Waals surface area (Å²) in [6, 6.07) is 19.1. The molecule has 0 N–H and O–H groups in total. The first-order valence-corrected chi connectivity index (χ1v) is 10.3. The smallest absolute Gasteiger partial charge is 0.127 e. The fourth-order valence-corrected chi connectivity index (χ4v) is 6.99. The Morgan fingerprint density at radius 3 is 2.42 bits per heavy atom. The number of fused-ring (bicyclic) bond motifs is 9. The Morgan fingerprint density at radius 1 is 0.769 bits per heavy atom. The van der Waals surface area contributed by atoms with Gasteiger partial charge < -0.3 is 4.74 Å². The molecule has 4 aliphatic carbocycles. The van der Waals surface area contributed by atoms with Crippen molar-refractivity contribution in [3.8, 4) is 16.9 Å². The first-order chi connectivity index (χ1) is 12.9. The lowest BCUT2D eigenvalue weighted by Crippen LogP contribution is -2.33. The Hall–Kier alpha value is -2.02. The van der Waals surface area contributed by atoms with Crippen LogP contribution in [0.3, 0.4) is 0 Å². The van der Waals surface area contributed by atoms with E-state index < -0.39 is 0 Å². The molecule has 3 fully saturated rings. The summed E-state index contributed by atoms with van der Waals surface area (Å²) in [6.07, 6.45) is 9.39. The van der Waals surface area contributed by atoms with Crippen LogP contribution in [0.2, 0.25) is 0 Å². The molecule has 4 aliphatic rings. The van der Waals surface area contributed by atoms with Crippen LogP contribution in [0, 0.1) is 41.4 Å². The lowest BCUT2D eigenvalue weighted by Gasteiger charge is -2.36. The first kappa shape index (κ1) is 15.1. The molecule has 7 unspecified atom stereocenters. The van der Waals surface area contributed by atoms with Crippen LogP contribution >= 0.6 is 0 Å². The minimum absolute atomic E-state index is 0.762. The van der Waals surface area contributed by atoms with Gasteiger partial charge in [-0.05, 0) is 72.3 Å². The van der Waals surface area contributed by atoms with E-state index >= 15 is 0 Å². The standard InChI is InChI=1S/C25H26O/c1-2-6-16(7-3-1)21-8-4-5-9-23(21)26-15-20-13-19-14-22(20)25-18-11-10-17(12-18)24(19)25/h1-11,17-20,22,24-25H,12-15H2. The molecule has 0 saturated heterocycles. The monoisotopic (exact) mass is 342 g/mol. The molecule has 0 aliphatic heterocycles. The van der Waals surface area contributed by atoms with Gasteiger partial charge in [0.2, 0.25) is 0 Å². The Labute approximate surface area is 156 Å². The Kier molecular flexibility index (Phi) is 3.33. The van der Waals surface area contributed by atoms with Gasteiger partial charge in [-0.1, -0.05) is 60.7 Å². The second-order valence-corrected chi connectivity index (χ2v) is 8.93. The molecule has 2 aromatic rings. The highest BCUT2D eigenvalue weighted by Crippen LogP contribution is 2.66. The van der Waals surface area contributed by atoms with Crippen molar-refractivity contribution in [2.45, 2.75) is 19.3 Å². The molecule has 2 aromatic carbocycles. The zero-order valence-electron chi connectivity index (χ0n) is 15.1. The summed E-state index contributed by atoms with van der Waals surface area (Å²) in [7, 11) is 0. The van der Waals surface area contributed by atoms with Crippen molar-refractivity contribution < 1.29 is 4.74 Å². The normalized spacial score (nSPS) is 38.7. The van der Waals surface area contributed by atoms with Crippen LogP contribution in [0.4, 0.5) is 0 Å². The van der Waals surface area contributed by atoms with Gasteiger partial charge in [0.1, 0.15) is 5.75 Å². The quantitative estimate of drug-likeness (QED) is 0.502. The minimum atomic E-state index is 0.762. The van der Waals surface area contributed by atoms with Gasteiger partial charge in [0, 0.05) is 5.56 Å². The number of para-hydroxylation sites is 1. The van der Waals surface area contributed by atoms with Gasteiger partial charge in [-0.3, -0.25) is 0 Å². The summed E-state index contributed by atoms with van der Waals surface area (Å²) in [5.74, 6) is 7.49. The summed E-state index contributed by atoms with van der Waals surface area (Å²) < 4.78 is 6.44. The van der Waals surface area contributed by atoms with Gasteiger partial charge in [0.05, 0.1) is 6.61 Å². The largest absolute Gasteiger partial charge is 0.493 e. The van der Waals surface area contributed by atoms with Crippen LogP contribution in [-0.2, 0) is 0 Å². The molecule has 6 rings (SSSR count). The van der Waals surface area contributed by atoms with Crippen LogP contribution in [0.5, 0.6) is 5.75 Å². The molecule has 0 spiro atoms. The fraction of sp³-hybridized carbons (Fsp3) is 0.440. The van der Waals surface area contributed by atoms with Gasteiger partial charge in [-0.25, -0.2) is 0 Å². The van der Waals surface area contributed by atoms with Gasteiger partial charge in [0.25, 0.3) is 0 Å². The molecule has 0 amide bonds. The highest BCUT2D eigenvalue weighted by molar-refractivity contribution is 5.70. The lowest BCUT2D eigenvalue weighted by atomic mass is 9.69. The third kappa shape index (κ3) is 2.16. The molecule has 26 heavy (non-hydrogen) atoms. The minimum Gasteiger partial charge on any atom is -0.493 e. The third-order valence-electron chi connectivity index (χ3n) is 7.83. The Bertz CT molecular complexity index is 838. The first-order valence-electron chi connectivity index (χ1n) is 10.3. The van der Waals surface area contributed by atoms with Crippen molar-refractivity contribution in [3.05, 3.63) is 66.7 Å². The third-order valence-corrected chi connectivity index (χ3v) is 7.83. The van der Waals surface area contributed by atoms with Crippen molar-refractivity contribution in [3.63, 3.8) is 0 Å².